The maximum Gasteiger partial charge on any atom is 0.124 e. The van der Waals surface area contributed by atoms with Gasteiger partial charge in [0.15, 0.2) is 0 Å². The molecule has 2 aromatic rings. The number of benzene rings is 1. The third-order valence-corrected chi connectivity index (χ3v) is 2.65. The fourth-order valence-electron chi connectivity index (χ4n) is 1.49. The molecule has 2 rings (SSSR count). The molecular weight excluding hydrogens is 227 g/mol. The lowest BCUT2D eigenvalue weighted by atomic mass is 10.2. The average molecular weight is 235 g/mol. The van der Waals surface area contributed by atoms with Crippen molar-refractivity contribution in [1.82, 2.24) is 4.57 Å². The van der Waals surface area contributed by atoms with Gasteiger partial charge in [0.1, 0.15) is 17.6 Å². The highest BCUT2D eigenvalue weighted by molar-refractivity contribution is 6.31. The van der Waals surface area contributed by atoms with Crippen molar-refractivity contribution in [2.75, 3.05) is 0 Å². The first-order valence-electron chi connectivity index (χ1n) is 4.70. The van der Waals surface area contributed by atoms with E-state index in [2.05, 4.69) is 6.07 Å². The van der Waals surface area contributed by atoms with Crippen molar-refractivity contribution in [3.8, 4) is 6.07 Å². The van der Waals surface area contributed by atoms with E-state index in [1.807, 2.05) is 0 Å². The lowest BCUT2D eigenvalue weighted by Crippen LogP contribution is -2.01. The van der Waals surface area contributed by atoms with Gasteiger partial charge in [-0.15, -0.1) is 0 Å². The molecular formula is C12H8ClFN2. The molecule has 0 aliphatic rings. The van der Waals surface area contributed by atoms with Crippen LogP contribution in [0.2, 0.25) is 5.02 Å². The molecule has 80 valence electrons. The Hall–Kier alpha value is -1.79. The highest BCUT2D eigenvalue weighted by Gasteiger charge is 2.05. The molecule has 1 aromatic heterocycles. The van der Waals surface area contributed by atoms with E-state index < -0.39 is 0 Å². The Morgan fingerprint density at radius 1 is 1.38 bits per heavy atom. The Labute approximate surface area is 97.5 Å². The average Bonchev–Trinajstić information content (AvgIpc) is 2.69. The molecule has 16 heavy (non-hydrogen) atoms. The van der Waals surface area contributed by atoms with Crippen molar-refractivity contribution in [2.24, 2.45) is 0 Å². The van der Waals surface area contributed by atoms with Crippen LogP contribution in [0.1, 0.15) is 11.3 Å². The molecule has 0 bridgehead atoms. The maximum atomic E-state index is 12.8. The zero-order chi connectivity index (χ0) is 11.5. The lowest BCUT2D eigenvalue weighted by molar-refractivity contribution is 0.626. The van der Waals surface area contributed by atoms with Gasteiger partial charge < -0.3 is 4.57 Å². The van der Waals surface area contributed by atoms with Crippen LogP contribution >= 0.6 is 11.6 Å². The largest absolute Gasteiger partial charge is 0.335 e. The standard InChI is InChI=1S/C12H8ClFN2/c13-12-6-10(14)4-3-9(12)8-16-5-1-2-11(16)7-15/h1-6H,8H2. The van der Waals surface area contributed by atoms with E-state index in [4.69, 9.17) is 16.9 Å². The highest BCUT2D eigenvalue weighted by atomic mass is 35.5. The predicted octanol–water partition coefficient (Wildman–Crippen LogP) is 3.20. The van der Waals surface area contributed by atoms with Gasteiger partial charge >= 0.3 is 0 Å². The van der Waals surface area contributed by atoms with Crippen LogP contribution in [0, 0.1) is 17.1 Å². The van der Waals surface area contributed by atoms with Crippen LogP contribution < -0.4 is 0 Å². The van der Waals surface area contributed by atoms with Crippen molar-refractivity contribution >= 4 is 11.6 Å². The number of nitriles is 1. The molecule has 0 saturated carbocycles. The molecule has 0 atom stereocenters. The molecule has 4 heteroatoms. The second-order valence-corrected chi connectivity index (χ2v) is 3.78. The van der Waals surface area contributed by atoms with E-state index >= 15 is 0 Å². The van der Waals surface area contributed by atoms with Crippen molar-refractivity contribution in [1.29, 1.82) is 5.26 Å². The van der Waals surface area contributed by atoms with Crippen LogP contribution in [-0.4, -0.2) is 4.57 Å². The van der Waals surface area contributed by atoms with Crippen LogP contribution in [0.5, 0.6) is 0 Å². The zero-order valence-electron chi connectivity index (χ0n) is 8.32. The van der Waals surface area contributed by atoms with Gasteiger partial charge in [0, 0.05) is 17.8 Å². The van der Waals surface area contributed by atoms with Gasteiger partial charge in [-0.1, -0.05) is 17.7 Å². The number of rotatable bonds is 2. The Morgan fingerprint density at radius 3 is 2.88 bits per heavy atom. The first kappa shape index (κ1) is 10.7. The molecule has 0 aliphatic heterocycles. The number of hydrogen-bond donors (Lipinski definition) is 0. The van der Waals surface area contributed by atoms with Crippen LogP contribution in [0.25, 0.3) is 0 Å². The topological polar surface area (TPSA) is 28.7 Å². The fraction of sp³-hybridized carbons (Fsp3) is 0.0833. The Balaban J connectivity index is 2.31. The smallest absolute Gasteiger partial charge is 0.124 e. The van der Waals surface area contributed by atoms with E-state index in [-0.39, 0.29) is 5.82 Å². The van der Waals surface area contributed by atoms with Gasteiger partial charge in [-0.25, -0.2) is 4.39 Å². The van der Waals surface area contributed by atoms with E-state index in [1.165, 1.54) is 12.1 Å². The second kappa shape index (κ2) is 4.38. The van der Waals surface area contributed by atoms with Crippen LogP contribution in [0.3, 0.4) is 0 Å². The van der Waals surface area contributed by atoms with Crippen LogP contribution in [0.4, 0.5) is 4.39 Å². The second-order valence-electron chi connectivity index (χ2n) is 3.37. The molecule has 0 fully saturated rings. The number of aromatic nitrogens is 1. The molecule has 0 aliphatic carbocycles. The number of nitrogens with zero attached hydrogens (tertiary/aromatic N) is 2. The SMILES string of the molecule is N#Cc1cccn1Cc1ccc(F)cc1Cl. The normalized spacial score (nSPS) is 10.1. The zero-order valence-corrected chi connectivity index (χ0v) is 9.08. The quantitative estimate of drug-likeness (QED) is 0.785. The minimum absolute atomic E-state index is 0.359. The summed E-state index contributed by atoms with van der Waals surface area (Å²) >= 11 is 5.91. The molecule has 0 N–H and O–H groups in total. The van der Waals surface area contributed by atoms with Crippen molar-refractivity contribution in [3.05, 3.63) is 58.6 Å². The monoisotopic (exact) mass is 234 g/mol. The van der Waals surface area contributed by atoms with Gasteiger partial charge in [0.05, 0.1) is 0 Å². The summed E-state index contributed by atoms with van der Waals surface area (Å²) in [6.45, 7) is 0.467. The third-order valence-electron chi connectivity index (χ3n) is 2.30. The Kier molecular flexibility index (Phi) is 2.93. The van der Waals surface area contributed by atoms with Crippen LogP contribution in [-0.2, 0) is 6.54 Å². The first-order chi connectivity index (χ1) is 7.70. The Bertz CT molecular complexity index is 554. The number of hydrogen-bond acceptors (Lipinski definition) is 1. The molecule has 1 heterocycles. The number of halogens is 2. The molecule has 0 amide bonds. The van der Waals surface area contributed by atoms with E-state index in [9.17, 15) is 4.39 Å². The van der Waals surface area contributed by atoms with Gasteiger partial charge in [-0.05, 0) is 29.8 Å². The van der Waals surface area contributed by atoms with E-state index in [0.717, 1.165) is 5.56 Å². The van der Waals surface area contributed by atoms with Gasteiger partial charge in [-0.3, -0.25) is 0 Å². The maximum absolute atomic E-state index is 12.8. The summed E-state index contributed by atoms with van der Waals surface area (Å²) in [6.07, 6.45) is 1.79. The minimum Gasteiger partial charge on any atom is -0.335 e. The molecule has 0 saturated heterocycles. The first-order valence-corrected chi connectivity index (χ1v) is 5.07. The minimum atomic E-state index is -0.359. The summed E-state index contributed by atoms with van der Waals surface area (Å²) in [5.41, 5.74) is 1.34. The molecule has 1 aromatic carbocycles. The molecule has 0 spiro atoms. The molecule has 0 unspecified atom stereocenters. The van der Waals surface area contributed by atoms with Crippen molar-refractivity contribution < 1.29 is 4.39 Å². The van der Waals surface area contributed by atoms with E-state index in [1.54, 1.807) is 29.0 Å². The van der Waals surface area contributed by atoms with Crippen molar-refractivity contribution in [2.45, 2.75) is 6.54 Å². The third kappa shape index (κ3) is 2.07. The summed E-state index contributed by atoms with van der Waals surface area (Å²) < 4.78 is 14.6. The summed E-state index contributed by atoms with van der Waals surface area (Å²) in [5.74, 6) is -0.359. The van der Waals surface area contributed by atoms with Gasteiger partial charge in [-0.2, -0.15) is 5.26 Å². The van der Waals surface area contributed by atoms with Crippen molar-refractivity contribution in [3.63, 3.8) is 0 Å². The molecule has 0 radical (unpaired) electrons. The molecule has 2 nitrogen and oxygen atoms in total. The lowest BCUT2D eigenvalue weighted by Gasteiger charge is -2.06. The highest BCUT2D eigenvalue weighted by Crippen LogP contribution is 2.19. The van der Waals surface area contributed by atoms with Gasteiger partial charge in [0.25, 0.3) is 0 Å². The Morgan fingerprint density at radius 2 is 2.19 bits per heavy atom. The van der Waals surface area contributed by atoms with Crippen LogP contribution in [0.15, 0.2) is 36.5 Å². The summed E-state index contributed by atoms with van der Waals surface area (Å²) in [4.78, 5) is 0. The van der Waals surface area contributed by atoms with Gasteiger partial charge in [0.2, 0.25) is 0 Å². The fourth-order valence-corrected chi connectivity index (χ4v) is 1.71. The van der Waals surface area contributed by atoms with E-state index in [0.29, 0.717) is 17.3 Å². The predicted molar refractivity (Wildman–Crippen MR) is 59.7 cm³/mol. The summed E-state index contributed by atoms with van der Waals surface area (Å²) in [6, 6.07) is 9.83. The summed E-state index contributed by atoms with van der Waals surface area (Å²) in [5, 5.41) is 9.21. The summed E-state index contributed by atoms with van der Waals surface area (Å²) in [7, 11) is 0.